The minimum Gasteiger partial charge on any atom is -0.496 e. The van der Waals surface area contributed by atoms with Crippen molar-refractivity contribution in [2.45, 2.75) is 0 Å². The molecule has 0 bridgehead atoms. The molecular formula is C12H10BrNO3S. The van der Waals surface area contributed by atoms with E-state index in [1.807, 2.05) is 11.4 Å². The summed E-state index contributed by atoms with van der Waals surface area (Å²) in [5.41, 5.74) is 1.30. The first kappa shape index (κ1) is 13.0. The number of benzene rings is 1. The van der Waals surface area contributed by atoms with Crippen LogP contribution in [0.3, 0.4) is 0 Å². The van der Waals surface area contributed by atoms with Crippen molar-refractivity contribution in [3.8, 4) is 16.3 Å². The van der Waals surface area contributed by atoms with Crippen LogP contribution in [0.15, 0.2) is 28.2 Å². The van der Waals surface area contributed by atoms with Crippen LogP contribution in [0.4, 0.5) is 0 Å². The standard InChI is InChI=1S/C12H10BrNO3S/c1-16-9-5-7(11-14-10(13)6-18-11)3-4-8(9)12(15)17-2/h3-6H,1-2H3. The van der Waals surface area contributed by atoms with Crippen LogP contribution in [0.25, 0.3) is 10.6 Å². The fourth-order valence-corrected chi connectivity index (χ4v) is 2.74. The van der Waals surface area contributed by atoms with Crippen LogP contribution in [0.1, 0.15) is 10.4 Å². The largest absolute Gasteiger partial charge is 0.496 e. The number of ether oxygens (including phenoxy) is 2. The van der Waals surface area contributed by atoms with Crippen molar-refractivity contribution < 1.29 is 14.3 Å². The summed E-state index contributed by atoms with van der Waals surface area (Å²) >= 11 is 4.82. The van der Waals surface area contributed by atoms with Crippen molar-refractivity contribution in [2.75, 3.05) is 14.2 Å². The second-order valence-electron chi connectivity index (χ2n) is 3.38. The SMILES string of the molecule is COC(=O)c1ccc(-c2nc(Br)cs2)cc1OC. The quantitative estimate of drug-likeness (QED) is 0.811. The second-order valence-corrected chi connectivity index (χ2v) is 5.05. The Bertz CT molecular complexity index is 582. The molecule has 4 nitrogen and oxygen atoms in total. The minimum atomic E-state index is -0.418. The van der Waals surface area contributed by atoms with E-state index in [9.17, 15) is 4.79 Å². The average molecular weight is 328 g/mol. The molecular weight excluding hydrogens is 318 g/mol. The number of carbonyl (C=O) groups excluding carboxylic acids is 1. The summed E-state index contributed by atoms with van der Waals surface area (Å²) in [5.74, 6) is 0.0596. The normalized spacial score (nSPS) is 10.2. The number of carbonyl (C=O) groups is 1. The Morgan fingerprint density at radius 1 is 1.39 bits per heavy atom. The highest BCUT2D eigenvalue weighted by atomic mass is 79.9. The number of methoxy groups -OCH3 is 2. The van der Waals surface area contributed by atoms with Gasteiger partial charge in [0.2, 0.25) is 0 Å². The molecule has 1 aromatic carbocycles. The fraction of sp³-hybridized carbons (Fsp3) is 0.167. The highest BCUT2D eigenvalue weighted by Gasteiger charge is 2.14. The molecule has 0 atom stereocenters. The van der Waals surface area contributed by atoms with E-state index in [-0.39, 0.29) is 0 Å². The van der Waals surface area contributed by atoms with Crippen LogP contribution in [0.5, 0.6) is 5.75 Å². The van der Waals surface area contributed by atoms with E-state index in [2.05, 4.69) is 25.7 Å². The van der Waals surface area contributed by atoms with Crippen molar-refractivity contribution in [1.82, 2.24) is 4.98 Å². The molecule has 94 valence electrons. The second kappa shape index (κ2) is 5.49. The van der Waals surface area contributed by atoms with E-state index in [1.165, 1.54) is 25.6 Å². The lowest BCUT2D eigenvalue weighted by Gasteiger charge is -2.07. The van der Waals surface area contributed by atoms with Crippen molar-refractivity contribution in [3.63, 3.8) is 0 Å². The van der Waals surface area contributed by atoms with Gasteiger partial charge in [0.05, 0.1) is 14.2 Å². The summed E-state index contributed by atoms with van der Waals surface area (Å²) in [4.78, 5) is 15.8. The molecule has 1 aromatic heterocycles. The molecule has 2 aromatic rings. The molecule has 0 saturated carbocycles. The number of nitrogens with zero attached hydrogens (tertiary/aromatic N) is 1. The molecule has 0 spiro atoms. The first-order chi connectivity index (χ1) is 8.65. The van der Waals surface area contributed by atoms with Crippen LogP contribution in [0.2, 0.25) is 0 Å². The van der Waals surface area contributed by atoms with Gasteiger partial charge in [0.25, 0.3) is 0 Å². The third-order valence-corrected chi connectivity index (χ3v) is 3.93. The van der Waals surface area contributed by atoms with Crippen molar-refractivity contribution in [2.24, 2.45) is 0 Å². The van der Waals surface area contributed by atoms with Gasteiger partial charge in [-0.15, -0.1) is 11.3 Å². The van der Waals surface area contributed by atoms with E-state index >= 15 is 0 Å². The minimum absolute atomic E-state index is 0.402. The monoisotopic (exact) mass is 327 g/mol. The van der Waals surface area contributed by atoms with Crippen LogP contribution in [-0.2, 0) is 4.74 Å². The first-order valence-corrected chi connectivity index (χ1v) is 6.70. The van der Waals surface area contributed by atoms with Gasteiger partial charge in [0.1, 0.15) is 20.9 Å². The highest BCUT2D eigenvalue weighted by Crippen LogP contribution is 2.30. The molecule has 0 aliphatic rings. The Labute approximate surface area is 117 Å². The van der Waals surface area contributed by atoms with Gasteiger partial charge in [-0.3, -0.25) is 0 Å². The van der Waals surface area contributed by atoms with Crippen LogP contribution in [-0.4, -0.2) is 25.2 Å². The lowest BCUT2D eigenvalue weighted by molar-refractivity contribution is 0.0597. The summed E-state index contributed by atoms with van der Waals surface area (Å²) in [5, 5.41) is 2.76. The van der Waals surface area contributed by atoms with Crippen molar-refractivity contribution >= 4 is 33.2 Å². The zero-order valence-corrected chi connectivity index (χ0v) is 12.2. The Morgan fingerprint density at radius 3 is 2.72 bits per heavy atom. The van der Waals surface area contributed by atoms with Crippen molar-refractivity contribution in [1.29, 1.82) is 0 Å². The van der Waals surface area contributed by atoms with E-state index in [4.69, 9.17) is 4.74 Å². The van der Waals surface area contributed by atoms with E-state index in [0.29, 0.717) is 11.3 Å². The van der Waals surface area contributed by atoms with Gasteiger partial charge in [-0.1, -0.05) is 6.07 Å². The number of esters is 1. The molecule has 18 heavy (non-hydrogen) atoms. The molecule has 0 fully saturated rings. The number of aromatic nitrogens is 1. The van der Waals surface area contributed by atoms with Gasteiger partial charge in [-0.25, -0.2) is 9.78 Å². The summed E-state index contributed by atoms with van der Waals surface area (Å²) in [7, 11) is 2.86. The molecule has 6 heteroatoms. The fourth-order valence-electron chi connectivity index (χ4n) is 1.49. The molecule has 2 rings (SSSR count). The lowest BCUT2D eigenvalue weighted by Crippen LogP contribution is -2.03. The van der Waals surface area contributed by atoms with Crippen molar-refractivity contribution in [3.05, 3.63) is 33.7 Å². The van der Waals surface area contributed by atoms with Gasteiger partial charge >= 0.3 is 5.97 Å². The zero-order chi connectivity index (χ0) is 13.1. The highest BCUT2D eigenvalue weighted by molar-refractivity contribution is 9.10. The average Bonchev–Trinajstić information content (AvgIpc) is 2.83. The third kappa shape index (κ3) is 2.54. The Kier molecular flexibility index (Phi) is 3.98. The predicted octanol–water partition coefficient (Wildman–Crippen LogP) is 3.37. The third-order valence-electron chi connectivity index (χ3n) is 2.33. The molecule has 0 aliphatic heterocycles. The van der Waals surface area contributed by atoms with Gasteiger partial charge < -0.3 is 9.47 Å². The van der Waals surface area contributed by atoms with Crippen LogP contribution >= 0.6 is 27.3 Å². The maximum atomic E-state index is 11.5. The van der Waals surface area contributed by atoms with E-state index in [0.717, 1.165) is 15.2 Å². The Morgan fingerprint density at radius 2 is 2.17 bits per heavy atom. The summed E-state index contributed by atoms with van der Waals surface area (Å²) in [6, 6.07) is 5.27. The molecule has 0 radical (unpaired) electrons. The molecule has 0 N–H and O–H groups in total. The smallest absolute Gasteiger partial charge is 0.341 e. The van der Waals surface area contributed by atoms with Crippen LogP contribution < -0.4 is 4.74 Å². The molecule has 0 amide bonds. The number of hydrogen-bond donors (Lipinski definition) is 0. The lowest BCUT2D eigenvalue weighted by atomic mass is 10.1. The number of halogens is 1. The number of hydrogen-bond acceptors (Lipinski definition) is 5. The summed E-state index contributed by atoms with van der Waals surface area (Å²) in [6.07, 6.45) is 0. The maximum Gasteiger partial charge on any atom is 0.341 e. The van der Waals surface area contributed by atoms with Crippen LogP contribution in [0, 0.1) is 0 Å². The predicted molar refractivity (Wildman–Crippen MR) is 73.1 cm³/mol. The molecule has 0 saturated heterocycles. The van der Waals surface area contributed by atoms with Gasteiger partial charge in [0, 0.05) is 10.9 Å². The number of thiazole rings is 1. The van der Waals surface area contributed by atoms with E-state index < -0.39 is 5.97 Å². The van der Waals surface area contributed by atoms with Gasteiger partial charge in [-0.2, -0.15) is 0 Å². The summed E-state index contributed by atoms with van der Waals surface area (Å²) < 4.78 is 10.7. The Balaban J connectivity index is 2.44. The Hall–Kier alpha value is -1.40. The first-order valence-electron chi connectivity index (χ1n) is 5.03. The molecule has 0 aliphatic carbocycles. The molecule has 0 unspecified atom stereocenters. The zero-order valence-electron chi connectivity index (χ0n) is 9.77. The summed E-state index contributed by atoms with van der Waals surface area (Å²) in [6.45, 7) is 0. The number of rotatable bonds is 3. The van der Waals surface area contributed by atoms with Gasteiger partial charge in [0.15, 0.2) is 0 Å². The topological polar surface area (TPSA) is 48.4 Å². The van der Waals surface area contributed by atoms with Gasteiger partial charge in [-0.05, 0) is 28.1 Å². The molecule has 1 heterocycles. The maximum absolute atomic E-state index is 11.5. The van der Waals surface area contributed by atoms with E-state index in [1.54, 1.807) is 12.1 Å².